The zero-order valence-electron chi connectivity index (χ0n) is 15.3. The first-order valence-corrected chi connectivity index (χ1v) is 10.4. The number of carbonyl (C=O) groups is 2. The minimum absolute atomic E-state index is 0.174. The number of nitrogens with zero attached hydrogens (tertiary/aromatic N) is 1. The first kappa shape index (κ1) is 19.9. The van der Waals surface area contributed by atoms with Crippen molar-refractivity contribution in [3.8, 4) is 16.3 Å². The number of methoxy groups -OCH3 is 1. The maximum Gasteiger partial charge on any atom is 0.358 e. The van der Waals surface area contributed by atoms with Crippen molar-refractivity contribution in [1.82, 2.24) is 4.98 Å². The van der Waals surface area contributed by atoms with E-state index in [1.54, 1.807) is 18.6 Å². The molecule has 0 bridgehead atoms. The van der Waals surface area contributed by atoms with Gasteiger partial charge in [-0.1, -0.05) is 12.1 Å². The molecule has 1 heterocycles. The Bertz CT molecular complexity index is 970. The SMILES string of the molecule is COc1ccc(-c2nc(C(=O)OCC(=O)Nc3ccccc3SC)cs2)cc1. The van der Waals surface area contributed by atoms with E-state index in [1.807, 2.05) is 48.7 Å². The van der Waals surface area contributed by atoms with Gasteiger partial charge in [-0.3, -0.25) is 4.79 Å². The molecule has 28 heavy (non-hydrogen) atoms. The van der Waals surface area contributed by atoms with Gasteiger partial charge >= 0.3 is 5.97 Å². The van der Waals surface area contributed by atoms with Crippen LogP contribution >= 0.6 is 23.1 Å². The number of amides is 1. The monoisotopic (exact) mass is 414 g/mol. The molecule has 6 nitrogen and oxygen atoms in total. The minimum Gasteiger partial charge on any atom is -0.497 e. The summed E-state index contributed by atoms with van der Waals surface area (Å²) in [7, 11) is 1.60. The van der Waals surface area contributed by atoms with E-state index in [4.69, 9.17) is 9.47 Å². The quantitative estimate of drug-likeness (QED) is 0.458. The number of carbonyl (C=O) groups excluding carboxylic acids is 2. The van der Waals surface area contributed by atoms with E-state index in [0.717, 1.165) is 16.2 Å². The summed E-state index contributed by atoms with van der Waals surface area (Å²) in [5.74, 6) is -0.293. The summed E-state index contributed by atoms with van der Waals surface area (Å²) < 4.78 is 10.2. The molecule has 1 aromatic heterocycles. The van der Waals surface area contributed by atoms with E-state index >= 15 is 0 Å². The number of rotatable bonds is 7. The third-order valence-electron chi connectivity index (χ3n) is 3.77. The highest BCUT2D eigenvalue weighted by atomic mass is 32.2. The van der Waals surface area contributed by atoms with Crippen LogP contribution in [0.1, 0.15) is 10.5 Å². The first-order valence-electron chi connectivity index (χ1n) is 8.30. The molecule has 2 aromatic carbocycles. The van der Waals surface area contributed by atoms with Crippen molar-refractivity contribution in [2.24, 2.45) is 0 Å². The van der Waals surface area contributed by atoms with Crippen molar-refractivity contribution >= 4 is 40.7 Å². The van der Waals surface area contributed by atoms with Crippen LogP contribution in [0, 0.1) is 0 Å². The fraction of sp³-hybridized carbons (Fsp3) is 0.150. The molecule has 0 unspecified atom stereocenters. The summed E-state index contributed by atoms with van der Waals surface area (Å²) in [6.07, 6.45) is 1.92. The average Bonchev–Trinajstić information content (AvgIpc) is 3.23. The molecule has 0 spiro atoms. The van der Waals surface area contributed by atoms with E-state index in [-0.39, 0.29) is 12.3 Å². The second-order valence-electron chi connectivity index (χ2n) is 5.59. The van der Waals surface area contributed by atoms with Crippen LogP contribution in [-0.4, -0.2) is 36.8 Å². The van der Waals surface area contributed by atoms with Crippen molar-refractivity contribution in [3.05, 3.63) is 59.6 Å². The third kappa shape index (κ3) is 4.90. The zero-order valence-corrected chi connectivity index (χ0v) is 16.9. The molecule has 0 aliphatic heterocycles. The summed E-state index contributed by atoms with van der Waals surface area (Å²) >= 11 is 2.85. The Morgan fingerprint density at radius 1 is 1.14 bits per heavy atom. The number of aromatic nitrogens is 1. The zero-order chi connectivity index (χ0) is 19.9. The number of nitrogens with one attached hydrogen (secondary N) is 1. The van der Waals surface area contributed by atoms with Gasteiger partial charge in [-0.15, -0.1) is 23.1 Å². The lowest BCUT2D eigenvalue weighted by Crippen LogP contribution is -2.21. The van der Waals surface area contributed by atoms with Crippen LogP contribution < -0.4 is 10.1 Å². The van der Waals surface area contributed by atoms with Crippen molar-refractivity contribution < 1.29 is 19.1 Å². The predicted molar refractivity (Wildman–Crippen MR) is 111 cm³/mol. The Balaban J connectivity index is 1.57. The number of thioether (sulfide) groups is 1. The Kier molecular flexibility index (Phi) is 6.67. The van der Waals surface area contributed by atoms with Gasteiger partial charge < -0.3 is 14.8 Å². The van der Waals surface area contributed by atoms with Gasteiger partial charge in [0.05, 0.1) is 12.8 Å². The molecule has 144 valence electrons. The van der Waals surface area contributed by atoms with Gasteiger partial charge in [0, 0.05) is 15.8 Å². The standard InChI is InChI=1S/C20H18N2O4S2/c1-25-14-9-7-13(8-10-14)19-22-16(12-28-19)20(24)26-11-18(23)21-15-5-3-4-6-17(15)27-2/h3-10,12H,11H2,1-2H3,(H,21,23). The number of hydrogen-bond donors (Lipinski definition) is 1. The molecule has 3 aromatic rings. The average molecular weight is 415 g/mol. The smallest absolute Gasteiger partial charge is 0.358 e. The molecule has 0 fully saturated rings. The molecule has 0 aliphatic carbocycles. The van der Waals surface area contributed by atoms with Gasteiger partial charge in [0.1, 0.15) is 10.8 Å². The third-order valence-corrected chi connectivity index (χ3v) is 5.45. The van der Waals surface area contributed by atoms with Crippen LogP contribution in [0.15, 0.2) is 58.8 Å². The minimum atomic E-state index is -0.635. The molecule has 1 N–H and O–H groups in total. The van der Waals surface area contributed by atoms with Crippen molar-refractivity contribution in [2.45, 2.75) is 4.90 Å². The molecule has 3 rings (SSSR count). The molecule has 0 atom stereocenters. The summed E-state index contributed by atoms with van der Waals surface area (Å²) in [5, 5.41) is 5.05. The number of thiazole rings is 1. The Hall–Kier alpha value is -2.84. The van der Waals surface area contributed by atoms with Crippen LogP contribution in [0.3, 0.4) is 0 Å². The van der Waals surface area contributed by atoms with Crippen LogP contribution in [-0.2, 0) is 9.53 Å². The topological polar surface area (TPSA) is 77.5 Å². The lowest BCUT2D eigenvalue weighted by atomic mass is 10.2. The maximum atomic E-state index is 12.2. The number of ether oxygens (including phenoxy) is 2. The van der Waals surface area contributed by atoms with Gasteiger partial charge in [-0.2, -0.15) is 0 Å². The highest BCUT2D eigenvalue weighted by molar-refractivity contribution is 7.98. The van der Waals surface area contributed by atoms with Gasteiger partial charge in [-0.05, 0) is 42.7 Å². The normalized spacial score (nSPS) is 10.4. The molecular formula is C20H18N2O4S2. The Morgan fingerprint density at radius 2 is 1.89 bits per heavy atom. The van der Waals surface area contributed by atoms with Crippen molar-refractivity contribution in [1.29, 1.82) is 0 Å². The Labute approximate surface area is 170 Å². The van der Waals surface area contributed by atoms with Crippen LogP contribution in [0.25, 0.3) is 10.6 Å². The summed E-state index contributed by atoms with van der Waals surface area (Å²) in [6.45, 7) is -0.378. The van der Waals surface area contributed by atoms with E-state index in [1.165, 1.54) is 23.1 Å². The van der Waals surface area contributed by atoms with Crippen LogP contribution in [0.2, 0.25) is 0 Å². The van der Waals surface area contributed by atoms with Gasteiger partial charge in [0.2, 0.25) is 0 Å². The number of para-hydroxylation sites is 1. The number of hydrogen-bond acceptors (Lipinski definition) is 7. The molecule has 1 amide bonds. The highest BCUT2D eigenvalue weighted by Gasteiger charge is 2.15. The largest absolute Gasteiger partial charge is 0.497 e. The van der Waals surface area contributed by atoms with Crippen LogP contribution in [0.4, 0.5) is 5.69 Å². The van der Waals surface area contributed by atoms with Gasteiger partial charge in [0.25, 0.3) is 5.91 Å². The summed E-state index contributed by atoms with van der Waals surface area (Å²) in [6, 6.07) is 14.8. The highest BCUT2D eigenvalue weighted by Crippen LogP contribution is 2.26. The Morgan fingerprint density at radius 3 is 2.61 bits per heavy atom. The molecule has 0 saturated carbocycles. The van der Waals surface area contributed by atoms with E-state index in [9.17, 15) is 9.59 Å². The molecule has 0 saturated heterocycles. The lowest BCUT2D eigenvalue weighted by molar-refractivity contribution is -0.119. The van der Waals surface area contributed by atoms with Gasteiger partial charge in [-0.25, -0.2) is 9.78 Å². The summed E-state index contributed by atoms with van der Waals surface area (Å²) in [5.41, 5.74) is 1.73. The van der Waals surface area contributed by atoms with Crippen molar-refractivity contribution in [2.75, 3.05) is 25.3 Å². The second-order valence-corrected chi connectivity index (χ2v) is 7.30. The van der Waals surface area contributed by atoms with Crippen molar-refractivity contribution in [3.63, 3.8) is 0 Å². The number of esters is 1. The molecule has 0 aliphatic rings. The van der Waals surface area contributed by atoms with Crippen LogP contribution in [0.5, 0.6) is 5.75 Å². The first-order chi connectivity index (χ1) is 13.6. The van der Waals surface area contributed by atoms with E-state index in [0.29, 0.717) is 10.7 Å². The fourth-order valence-corrected chi connectivity index (χ4v) is 3.72. The molecule has 8 heteroatoms. The number of anilines is 1. The molecular weight excluding hydrogens is 396 g/mol. The lowest BCUT2D eigenvalue weighted by Gasteiger charge is -2.09. The number of benzene rings is 2. The van der Waals surface area contributed by atoms with Gasteiger partial charge in [0.15, 0.2) is 12.3 Å². The molecule has 0 radical (unpaired) electrons. The second kappa shape index (κ2) is 9.38. The maximum absolute atomic E-state index is 12.2. The summed E-state index contributed by atoms with van der Waals surface area (Å²) in [4.78, 5) is 29.5. The fourth-order valence-electron chi connectivity index (χ4n) is 2.37. The predicted octanol–water partition coefficient (Wildman–Crippen LogP) is 4.34. The van der Waals surface area contributed by atoms with E-state index < -0.39 is 11.9 Å². The van der Waals surface area contributed by atoms with E-state index in [2.05, 4.69) is 10.3 Å².